The van der Waals surface area contributed by atoms with Gasteiger partial charge < -0.3 is 26.2 Å². The fraction of sp³-hybridized carbons (Fsp3) is 0.393. The number of ketones is 2. The molecule has 8 nitrogen and oxygen atoms in total. The quantitative estimate of drug-likeness (QED) is 0.371. The first-order valence-electron chi connectivity index (χ1n) is 12.1. The van der Waals surface area contributed by atoms with Crippen molar-refractivity contribution in [2.45, 2.75) is 51.0 Å². The van der Waals surface area contributed by atoms with Gasteiger partial charge in [-0.15, -0.1) is 0 Å². The maximum absolute atomic E-state index is 13.6. The van der Waals surface area contributed by atoms with Gasteiger partial charge in [0, 0.05) is 18.1 Å². The third kappa shape index (κ3) is 4.10. The van der Waals surface area contributed by atoms with Crippen LogP contribution in [0.25, 0.3) is 16.9 Å². The summed E-state index contributed by atoms with van der Waals surface area (Å²) in [6.07, 6.45) is -0.500. The monoisotopic (exact) mass is 493 g/mol. The number of benzene rings is 2. The number of hydrogen-bond donors (Lipinski definition) is 5. The van der Waals surface area contributed by atoms with Crippen molar-refractivity contribution in [3.8, 4) is 16.9 Å². The minimum absolute atomic E-state index is 0.0481. The molecule has 2 aromatic rings. The molecular weight excluding hydrogens is 462 g/mol. The first kappa shape index (κ1) is 25.6. The zero-order valence-electron chi connectivity index (χ0n) is 20.3. The van der Waals surface area contributed by atoms with Gasteiger partial charge in [-0.1, -0.05) is 44.2 Å². The second-order valence-corrected chi connectivity index (χ2v) is 10.0. The smallest absolute Gasteiger partial charge is 0.225 e. The number of hydrogen-bond acceptors (Lipinski definition) is 7. The molecule has 6 N–H and O–H groups in total. The molecule has 0 bridgehead atoms. The van der Waals surface area contributed by atoms with Gasteiger partial charge in [0.15, 0.2) is 11.4 Å². The molecular formula is C28H31NO7. The first-order chi connectivity index (χ1) is 17.0. The summed E-state index contributed by atoms with van der Waals surface area (Å²) in [5.41, 5.74) is 5.96. The van der Waals surface area contributed by atoms with Crippen LogP contribution in [0.4, 0.5) is 0 Å². The number of aliphatic hydroxyl groups is 3. The van der Waals surface area contributed by atoms with Crippen molar-refractivity contribution in [1.29, 1.82) is 0 Å². The second-order valence-electron chi connectivity index (χ2n) is 10.0. The highest BCUT2D eigenvalue weighted by molar-refractivity contribution is 6.23. The van der Waals surface area contributed by atoms with E-state index >= 15 is 0 Å². The second kappa shape index (κ2) is 9.52. The summed E-state index contributed by atoms with van der Waals surface area (Å²) in [7, 11) is 0. The standard InChI is InChI=1S/C28H31NO7/c1-14(2)15-4-3-5-16(10-15)19-6-7-21(31)25-20(19)12-17-11-18(8-9-30)28(36,22(32)13-23(29)33)27(35)24(17)26(25)34/h3-7,10,14,17-18,30-31,34,36H,8-9,11-13H2,1-2H3,(H2,29,33)/t17-,18-,28-/m1/s1. The Morgan fingerprint density at radius 2 is 1.89 bits per heavy atom. The first-order valence-corrected chi connectivity index (χ1v) is 12.1. The van der Waals surface area contributed by atoms with E-state index < -0.39 is 47.1 Å². The number of aromatic hydroxyl groups is 1. The highest BCUT2D eigenvalue weighted by atomic mass is 16.3. The van der Waals surface area contributed by atoms with Crippen LogP contribution in [0.15, 0.2) is 42.0 Å². The molecule has 0 aliphatic heterocycles. The van der Waals surface area contributed by atoms with Crippen molar-refractivity contribution in [1.82, 2.24) is 0 Å². The molecule has 0 unspecified atom stereocenters. The zero-order valence-corrected chi connectivity index (χ0v) is 20.3. The van der Waals surface area contributed by atoms with Crippen molar-refractivity contribution in [2.24, 2.45) is 17.6 Å². The molecule has 1 saturated carbocycles. The van der Waals surface area contributed by atoms with E-state index in [4.69, 9.17) is 5.73 Å². The highest BCUT2D eigenvalue weighted by Crippen LogP contribution is 2.50. The van der Waals surface area contributed by atoms with Gasteiger partial charge in [0.25, 0.3) is 0 Å². The van der Waals surface area contributed by atoms with Crippen LogP contribution in [0.2, 0.25) is 0 Å². The van der Waals surface area contributed by atoms with Crippen LogP contribution in [0.5, 0.6) is 5.75 Å². The van der Waals surface area contributed by atoms with Crippen molar-refractivity contribution in [3.63, 3.8) is 0 Å². The Balaban J connectivity index is 1.89. The summed E-state index contributed by atoms with van der Waals surface area (Å²) >= 11 is 0. The maximum atomic E-state index is 13.6. The summed E-state index contributed by atoms with van der Waals surface area (Å²) < 4.78 is 0. The molecule has 2 aliphatic rings. The minimum Gasteiger partial charge on any atom is -0.507 e. The number of carbonyl (C=O) groups excluding carboxylic acids is 3. The van der Waals surface area contributed by atoms with Gasteiger partial charge in [0.2, 0.25) is 11.7 Å². The van der Waals surface area contributed by atoms with Crippen LogP contribution in [0, 0.1) is 11.8 Å². The molecule has 2 aromatic carbocycles. The summed E-state index contributed by atoms with van der Waals surface area (Å²) in [5, 5.41) is 42.9. The van der Waals surface area contributed by atoms with E-state index in [1.807, 2.05) is 18.2 Å². The molecule has 3 atom stereocenters. The van der Waals surface area contributed by atoms with Gasteiger partial charge in [-0.25, -0.2) is 0 Å². The van der Waals surface area contributed by atoms with Crippen molar-refractivity contribution < 1.29 is 34.8 Å². The van der Waals surface area contributed by atoms with E-state index in [1.54, 1.807) is 6.07 Å². The largest absolute Gasteiger partial charge is 0.507 e. The Hall–Kier alpha value is -3.49. The van der Waals surface area contributed by atoms with E-state index in [1.165, 1.54) is 6.07 Å². The van der Waals surface area contributed by atoms with Crippen LogP contribution in [-0.4, -0.2) is 50.1 Å². The van der Waals surface area contributed by atoms with Crippen molar-refractivity contribution in [2.75, 3.05) is 6.61 Å². The Morgan fingerprint density at radius 1 is 1.17 bits per heavy atom. The van der Waals surface area contributed by atoms with E-state index in [0.717, 1.165) is 16.7 Å². The zero-order chi connectivity index (χ0) is 26.4. The molecule has 4 rings (SSSR count). The predicted molar refractivity (Wildman–Crippen MR) is 133 cm³/mol. The van der Waals surface area contributed by atoms with Crippen LogP contribution in [0.1, 0.15) is 55.7 Å². The lowest BCUT2D eigenvalue weighted by Crippen LogP contribution is -2.59. The third-order valence-electron chi connectivity index (χ3n) is 7.49. The fourth-order valence-electron chi connectivity index (χ4n) is 5.65. The number of primary amides is 1. The summed E-state index contributed by atoms with van der Waals surface area (Å²) in [4.78, 5) is 37.8. The topological polar surface area (TPSA) is 158 Å². The number of fused-ring (bicyclic) bond motifs is 2. The van der Waals surface area contributed by atoms with Crippen molar-refractivity contribution in [3.05, 3.63) is 58.7 Å². The molecule has 0 saturated heterocycles. The number of nitrogens with two attached hydrogens (primary N) is 1. The lowest BCUT2D eigenvalue weighted by Gasteiger charge is -2.43. The molecule has 0 radical (unpaired) electrons. The van der Waals surface area contributed by atoms with E-state index in [9.17, 15) is 34.8 Å². The van der Waals surface area contributed by atoms with E-state index in [0.29, 0.717) is 11.5 Å². The highest BCUT2D eigenvalue weighted by Gasteiger charge is 2.57. The number of amides is 1. The molecule has 0 heterocycles. The Morgan fingerprint density at radius 3 is 2.53 bits per heavy atom. The van der Waals surface area contributed by atoms with Gasteiger partial charge in [-0.2, -0.15) is 0 Å². The van der Waals surface area contributed by atoms with Crippen LogP contribution in [-0.2, 0) is 20.8 Å². The van der Waals surface area contributed by atoms with E-state index in [2.05, 4.69) is 19.9 Å². The Bertz CT molecular complexity index is 1280. The molecule has 2 aliphatic carbocycles. The number of aliphatic hydroxyl groups excluding tert-OH is 2. The van der Waals surface area contributed by atoms with Gasteiger partial charge >= 0.3 is 0 Å². The predicted octanol–water partition coefficient (Wildman–Crippen LogP) is 2.77. The lowest BCUT2D eigenvalue weighted by molar-refractivity contribution is -0.159. The Labute approximate surface area is 209 Å². The molecule has 0 aromatic heterocycles. The average molecular weight is 494 g/mol. The van der Waals surface area contributed by atoms with Crippen LogP contribution in [0.3, 0.4) is 0 Å². The minimum atomic E-state index is -2.60. The van der Waals surface area contributed by atoms with Gasteiger partial charge in [-0.3, -0.25) is 14.4 Å². The average Bonchev–Trinajstić information content (AvgIpc) is 2.82. The van der Waals surface area contributed by atoms with Crippen LogP contribution >= 0.6 is 0 Å². The number of Topliss-reactive ketones (excluding diaryl/α,β-unsaturated/α-hetero) is 2. The summed E-state index contributed by atoms with van der Waals surface area (Å²) in [6.45, 7) is 3.79. The molecule has 190 valence electrons. The third-order valence-corrected chi connectivity index (χ3v) is 7.49. The van der Waals surface area contributed by atoms with Gasteiger partial charge in [-0.05, 0) is 59.4 Å². The van der Waals surface area contributed by atoms with Crippen molar-refractivity contribution >= 4 is 23.2 Å². The number of carbonyl (C=O) groups is 3. The molecule has 8 heteroatoms. The number of rotatable bonds is 7. The van der Waals surface area contributed by atoms with E-state index in [-0.39, 0.29) is 42.8 Å². The number of phenols is 1. The maximum Gasteiger partial charge on any atom is 0.225 e. The van der Waals surface area contributed by atoms with Crippen LogP contribution < -0.4 is 5.73 Å². The number of phenolic OH excluding ortho intramolecular Hbond substituents is 1. The summed E-state index contributed by atoms with van der Waals surface area (Å²) in [6, 6.07) is 11.2. The fourth-order valence-corrected chi connectivity index (χ4v) is 5.65. The molecule has 1 amide bonds. The molecule has 36 heavy (non-hydrogen) atoms. The summed E-state index contributed by atoms with van der Waals surface area (Å²) in [5.74, 6) is -5.02. The molecule has 1 fully saturated rings. The SMILES string of the molecule is CC(C)c1cccc(-c2ccc(O)c3c2C[C@H]2C[C@@H](CCO)[C@@](O)(C(=O)CC(N)=O)C(=O)C2=C3O)c1. The Kier molecular flexibility index (Phi) is 6.77. The molecule has 0 spiro atoms. The van der Waals surface area contributed by atoms with Gasteiger partial charge in [0.1, 0.15) is 11.5 Å². The normalized spacial score (nSPS) is 23.4. The lowest BCUT2D eigenvalue weighted by atomic mass is 9.61. The van der Waals surface area contributed by atoms with Gasteiger partial charge in [0.05, 0.1) is 12.0 Å².